The van der Waals surface area contributed by atoms with Crippen LogP contribution in [-0.2, 0) is 24.6 Å². The van der Waals surface area contributed by atoms with E-state index in [1.165, 1.54) is 5.56 Å². The Bertz CT molecular complexity index is 1030. The van der Waals surface area contributed by atoms with Crippen molar-refractivity contribution in [3.63, 3.8) is 0 Å². The molecule has 1 atom stereocenters. The summed E-state index contributed by atoms with van der Waals surface area (Å²) in [6, 6.07) is 7.48. The summed E-state index contributed by atoms with van der Waals surface area (Å²) in [4.78, 5) is 16.3. The van der Waals surface area contributed by atoms with Crippen molar-refractivity contribution in [1.82, 2.24) is 14.8 Å². The number of ether oxygens (including phenoxy) is 2. The van der Waals surface area contributed by atoms with E-state index in [9.17, 15) is 4.79 Å². The molecule has 7 heteroatoms. The number of aromatic nitrogens is 3. The van der Waals surface area contributed by atoms with Gasteiger partial charge in [-0.05, 0) is 49.1 Å². The van der Waals surface area contributed by atoms with Crippen LogP contribution in [-0.4, -0.2) is 40.0 Å². The number of nitrogens with zero attached hydrogens (tertiary/aromatic N) is 2. The molecular formula is C22H24N4O3. The van der Waals surface area contributed by atoms with Gasteiger partial charge in [0.2, 0.25) is 0 Å². The molecule has 2 aromatic heterocycles. The Labute approximate surface area is 169 Å². The first-order valence-corrected chi connectivity index (χ1v) is 10.1. The van der Waals surface area contributed by atoms with E-state index >= 15 is 0 Å². The van der Waals surface area contributed by atoms with Gasteiger partial charge in [-0.15, -0.1) is 0 Å². The quantitative estimate of drug-likeness (QED) is 0.714. The molecule has 150 valence electrons. The van der Waals surface area contributed by atoms with E-state index in [0.29, 0.717) is 12.2 Å². The van der Waals surface area contributed by atoms with Crippen molar-refractivity contribution in [2.75, 3.05) is 18.5 Å². The molecule has 3 aromatic rings. The highest BCUT2D eigenvalue weighted by Crippen LogP contribution is 2.34. The van der Waals surface area contributed by atoms with Crippen LogP contribution in [0, 0.1) is 0 Å². The number of amides is 1. The number of anilines is 1. The Balaban J connectivity index is 1.35. The van der Waals surface area contributed by atoms with E-state index in [4.69, 9.17) is 9.47 Å². The van der Waals surface area contributed by atoms with Crippen LogP contribution in [0.2, 0.25) is 0 Å². The highest BCUT2D eigenvalue weighted by molar-refractivity contribution is 6.09. The molecule has 7 nitrogen and oxygen atoms in total. The molecule has 1 saturated heterocycles. The first-order chi connectivity index (χ1) is 14.2. The molecule has 1 amide bonds. The number of carbonyl (C=O) groups excluding carboxylic acids is 1. The predicted molar refractivity (Wildman–Crippen MR) is 109 cm³/mol. The fourth-order valence-electron chi connectivity index (χ4n) is 4.11. The van der Waals surface area contributed by atoms with Gasteiger partial charge < -0.3 is 19.8 Å². The van der Waals surface area contributed by atoms with Gasteiger partial charge in [0.15, 0.2) is 0 Å². The fourth-order valence-corrected chi connectivity index (χ4v) is 4.11. The average Bonchev–Trinajstić information content (AvgIpc) is 3.42. The Morgan fingerprint density at radius 1 is 1.31 bits per heavy atom. The topological polar surface area (TPSA) is 81.2 Å². The van der Waals surface area contributed by atoms with Crippen molar-refractivity contribution in [3.8, 4) is 17.0 Å². The Hall–Kier alpha value is -3.06. The molecule has 1 aromatic carbocycles. The second kappa shape index (κ2) is 7.40. The number of hydrogen-bond acceptors (Lipinski definition) is 4. The maximum atomic E-state index is 13.0. The molecule has 0 spiro atoms. The number of hydrogen-bond donors (Lipinski definition) is 2. The summed E-state index contributed by atoms with van der Waals surface area (Å²) in [7, 11) is 1.92. The van der Waals surface area contributed by atoms with Crippen LogP contribution in [0.25, 0.3) is 11.3 Å². The molecule has 1 aliphatic carbocycles. The van der Waals surface area contributed by atoms with Gasteiger partial charge in [-0.3, -0.25) is 9.48 Å². The largest absolute Gasteiger partial charge is 0.488 e. The average molecular weight is 392 g/mol. The third-order valence-corrected chi connectivity index (χ3v) is 5.52. The van der Waals surface area contributed by atoms with E-state index in [-0.39, 0.29) is 12.0 Å². The summed E-state index contributed by atoms with van der Waals surface area (Å²) in [5, 5.41) is 7.62. The molecule has 3 heterocycles. The van der Waals surface area contributed by atoms with Gasteiger partial charge >= 0.3 is 0 Å². The van der Waals surface area contributed by atoms with Crippen molar-refractivity contribution < 1.29 is 14.3 Å². The van der Waals surface area contributed by atoms with Gasteiger partial charge in [0.25, 0.3) is 5.91 Å². The zero-order valence-corrected chi connectivity index (χ0v) is 16.4. The van der Waals surface area contributed by atoms with E-state index in [2.05, 4.69) is 15.4 Å². The number of aromatic amines is 1. The second-order valence-corrected chi connectivity index (χ2v) is 7.67. The smallest absolute Gasteiger partial charge is 0.257 e. The molecule has 1 fully saturated rings. The van der Waals surface area contributed by atoms with Crippen LogP contribution in [0.5, 0.6) is 5.75 Å². The molecular weight excluding hydrogens is 368 g/mol. The number of fused-ring (bicyclic) bond motifs is 3. The summed E-state index contributed by atoms with van der Waals surface area (Å²) in [5.41, 5.74) is 5.47. The minimum absolute atomic E-state index is 0.110. The van der Waals surface area contributed by atoms with E-state index in [0.717, 1.165) is 60.7 Å². The number of nitrogens with one attached hydrogen (secondary N) is 2. The van der Waals surface area contributed by atoms with Crippen LogP contribution in [0.4, 0.5) is 5.69 Å². The number of carbonyl (C=O) groups is 1. The van der Waals surface area contributed by atoms with Crippen molar-refractivity contribution in [1.29, 1.82) is 0 Å². The molecule has 29 heavy (non-hydrogen) atoms. The Morgan fingerprint density at radius 2 is 2.17 bits per heavy atom. The first kappa shape index (κ1) is 18.0. The lowest BCUT2D eigenvalue weighted by molar-refractivity contribution is 0.102. The molecule has 0 unspecified atom stereocenters. The van der Waals surface area contributed by atoms with Gasteiger partial charge in [0.05, 0.1) is 24.5 Å². The fraction of sp³-hybridized carbons (Fsp3) is 0.364. The van der Waals surface area contributed by atoms with Crippen molar-refractivity contribution in [2.24, 2.45) is 7.05 Å². The lowest BCUT2D eigenvalue weighted by Crippen LogP contribution is -2.16. The summed E-state index contributed by atoms with van der Waals surface area (Å²) < 4.78 is 13.0. The molecule has 0 radical (unpaired) electrons. The number of H-pyrrole nitrogens is 1. The predicted octanol–water partition coefficient (Wildman–Crippen LogP) is 3.32. The van der Waals surface area contributed by atoms with Crippen molar-refractivity contribution in [3.05, 3.63) is 53.5 Å². The van der Waals surface area contributed by atoms with Crippen molar-refractivity contribution >= 4 is 11.6 Å². The highest BCUT2D eigenvalue weighted by atomic mass is 16.5. The van der Waals surface area contributed by atoms with Gasteiger partial charge in [-0.1, -0.05) is 0 Å². The number of rotatable bonds is 4. The SMILES string of the molecule is Cn1cc2c(n1)-c1c(C(=O)Nc3ccc(O[C@@H]4CCOC4)cc3)c[nH]c1CCC2. The normalized spacial score (nSPS) is 18.0. The minimum atomic E-state index is -0.140. The highest BCUT2D eigenvalue weighted by Gasteiger charge is 2.25. The van der Waals surface area contributed by atoms with Crippen LogP contribution < -0.4 is 10.1 Å². The first-order valence-electron chi connectivity index (χ1n) is 10.1. The molecule has 1 aliphatic heterocycles. The number of aryl methyl sites for hydroxylation is 3. The standard InChI is InChI=1S/C22H24N4O3/c1-26-12-14-3-2-4-19-20(21(14)25-26)18(11-23-19)22(27)24-15-5-7-16(8-6-15)29-17-9-10-28-13-17/h5-8,11-12,17,23H,2-4,9-10,13H2,1H3,(H,24,27)/t17-/m1/s1. The van der Waals surface area contributed by atoms with E-state index in [1.54, 1.807) is 6.20 Å². The van der Waals surface area contributed by atoms with E-state index < -0.39 is 0 Å². The summed E-state index contributed by atoms with van der Waals surface area (Å²) in [5.74, 6) is 0.644. The Kier molecular flexibility index (Phi) is 4.60. The van der Waals surface area contributed by atoms with Gasteiger partial charge in [0.1, 0.15) is 11.9 Å². The zero-order valence-electron chi connectivity index (χ0n) is 16.4. The summed E-state index contributed by atoms with van der Waals surface area (Å²) in [6.45, 7) is 1.38. The summed E-state index contributed by atoms with van der Waals surface area (Å²) >= 11 is 0. The summed E-state index contributed by atoms with van der Waals surface area (Å²) in [6.07, 6.45) is 7.79. The van der Waals surface area contributed by atoms with Crippen LogP contribution in [0.3, 0.4) is 0 Å². The Morgan fingerprint density at radius 3 is 2.97 bits per heavy atom. The molecule has 2 aliphatic rings. The molecule has 0 bridgehead atoms. The van der Waals surface area contributed by atoms with E-state index in [1.807, 2.05) is 42.2 Å². The molecule has 5 rings (SSSR count). The van der Waals surface area contributed by atoms with Crippen LogP contribution in [0.1, 0.15) is 34.5 Å². The van der Waals surface area contributed by atoms with Crippen LogP contribution >= 0.6 is 0 Å². The molecule has 2 N–H and O–H groups in total. The molecule has 0 saturated carbocycles. The second-order valence-electron chi connectivity index (χ2n) is 7.67. The van der Waals surface area contributed by atoms with Gasteiger partial charge in [0, 0.05) is 42.8 Å². The van der Waals surface area contributed by atoms with Gasteiger partial charge in [-0.2, -0.15) is 5.10 Å². The lowest BCUT2D eigenvalue weighted by Gasteiger charge is -2.12. The number of benzene rings is 1. The maximum absolute atomic E-state index is 13.0. The van der Waals surface area contributed by atoms with Crippen molar-refractivity contribution in [2.45, 2.75) is 31.8 Å². The third-order valence-electron chi connectivity index (χ3n) is 5.52. The lowest BCUT2D eigenvalue weighted by atomic mass is 10.0. The zero-order chi connectivity index (χ0) is 19.8. The van der Waals surface area contributed by atoms with Crippen LogP contribution in [0.15, 0.2) is 36.7 Å². The monoisotopic (exact) mass is 392 g/mol. The van der Waals surface area contributed by atoms with Gasteiger partial charge in [-0.25, -0.2) is 0 Å². The maximum Gasteiger partial charge on any atom is 0.257 e. The third kappa shape index (κ3) is 3.53. The minimum Gasteiger partial charge on any atom is -0.488 e.